The summed E-state index contributed by atoms with van der Waals surface area (Å²) in [5, 5.41) is 20.3. The molecule has 2 amide bonds. The Morgan fingerprint density at radius 2 is 1.94 bits per heavy atom. The highest BCUT2D eigenvalue weighted by molar-refractivity contribution is 7.10. The topological polar surface area (TPSA) is 94.6 Å². The van der Waals surface area contributed by atoms with E-state index in [4.69, 9.17) is 4.98 Å². The molecule has 1 aliphatic heterocycles. The van der Waals surface area contributed by atoms with Gasteiger partial charge in [-0.2, -0.15) is 0 Å². The van der Waals surface area contributed by atoms with Gasteiger partial charge in [-0.05, 0) is 58.2 Å². The lowest BCUT2D eigenvalue weighted by molar-refractivity contribution is -0.144. The molecule has 35 heavy (non-hydrogen) atoms. The minimum absolute atomic E-state index is 0.253. The number of hydrogen-bond acceptors (Lipinski definition) is 6. The molecule has 9 heteroatoms. The van der Waals surface area contributed by atoms with Crippen LogP contribution in [0.1, 0.15) is 44.7 Å². The van der Waals surface area contributed by atoms with E-state index in [0.29, 0.717) is 11.9 Å². The number of likely N-dealkylation sites (tertiary alicyclic amines) is 1. The second-order valence-corrected chi connectivity index (χ2v) is 10.4. The van der Waals surface area contributed by atoms with E-state index in [1.165, 1.54) is 31.3 Å². The minimum Gasteiger partial charge on any atom is -0.388 e. The maximum Gasteiger partial charge on any atom is 0.248 e. The molecular weight excluding hydrogens is 467 g/mol. The quantitative estimate of drug-likeness (QED) is 0.463. The molecule has 1 aromatic heterocycles. The molecule has 1 saturated heterocycles. The summed E-state index contributed by atoms with van der Waals surface area (Å²) >= 11 is 1.46. The van der Waals surface area contributed by atoms with E-state index in [0.717, 1.165) is 34.5 Å². The maximum absolute atomic E-state index is 14.3. The van der Waals surface area contributed by atoms with Gasteiger partial charge in [-0.3, -0.25) is 9.59 Å². The first-order valence-electron chi connectivity index (χ1n) is 11.8. The number of rotatable bonds is 7. The molecule has 3 atom stereocenters. The van der Waals surface area contributed by atoms with E-state index in [2.05, 4.69) is 10.6 Å². The van der Waals surface area contributed by atoms with Crippen LogP contribution in [0.15, 0.2) is 41.8 Å². The predicted molar refractivity (Wildman–Crippen MR) is 135 cm³/mol. The first-order chi connectivity index (χ1) is 16.6. The number of hydrogen-bond donors (Lipinski definition) is 3. The first-order valence-corrected chi connectivity index (χ1v) is 12.6. The molecule has 0 saturated carbocycles. The molecule has 0 bridgehead atoms. The van der Waals surface area contributed by atoms with Crippen molar-refractivity contribution in [1.29, 1.82) is 0 Å². The average Bonchev–Trinajstić information content (AvgIpc) is 3.51. The van der Waals surface area contributed by atoms with Crippen LogP contribution in [0.4, 0.5) is 4.39 Å². The number of carbonyl (C=O) groups excluding carboxylic acids is 2. The molecule has 0 spiro atoms. The summed E-state index contributed by atoms with van der Waals surface area (Å²) in [4.78, 5) is 32.6. The predicted octanol–water partition coefficient (Wildman–Crippen LogP) is 3.63. The largest absolute Gasteiger partial charge is 0.388 e. The minimum atomic E-state index is -1.45. The molecule has 7 nitrogen and oxygen atoms in total. The Labute approximate surface area is 208 Å². The van der Waals surface area contributed by atoms with Crippen LogP contribution in [0.3, 0.4) is 0 Å². The molecular formula is C26H31FN4O3S. The summed E-state index contributed by atoms with van der Waals surface area (Å²) in [6.07, 6.45) is 1.53. The van der Waals surface area contributed by atoms with Crippen LogP contribution in [-0.4, -0.2) is 58.1 Å². The van der Waals surface area contributed by atoms with Crippen molar-refractivity contribution in [3.8, 4) is 11.3 Å². The van der Waals surface area contributed by atoms with Gasteiger partial charge in [0.15, 0.2) is 0 Å². The van der Waals surface area contributed by atoms with Crippen molar-refractivity contribution < 1.29 is 19.1 Å². The summed E-state index contributed by atoms with van der Waals surface area (Å²) in [5.41, 5.74) is 0.118. The normalized spacial score (nSPS) is 18.0. The molecule has 2 aromatic carbocycles. The molecule has 0 radical (unpaired) electrons. The van der Waals surface area contributed by atoms with Gasteiger partial charge >= 0.3 is 0 Å². The van der Waals surface area contributed by atoms with Crippen LogP contribution in [-0.2, 0) is 9.59 Å². The van der Waals surface area contributed by atoms with E-state index < -0.39 is 17.7 Å². The Hall–Kier alpha value is -2.88. The number of fused-ring (bicyclic) bond motifs is 1. The highest BCUT2D eigenvalue weighted by Gasteiger charge is 2.42. The number of amides is 2. The fourth-order valence-corrected chi connectivity index (χ4v) is 5.41. The molecule has 186 valence electrons. The van der Waals surface area contributed by atoms with Crippen LogP contribution in [0.25, 0.3) is 22.0 Å². The van der Waals surface area contributed by atoms with Gasteiger partial charge in [-0.15, -0.1) is 11.3 Å². The third-order valence-corrected chi connectivity index (χ3v) is 7.50. The van der Waals surface area contributed by atoms with Gasteiger partial charge in [-0.25, -0.2) is 9.37 Å². The van der Waals surface area contributed by atoms with Gasteiger partial charge < -0.3 is 20.6 Å². The first kappa shape index (κ1) is 25.2. The van der Waals surface area contributed by atoms with Crippen molar-refractivity contribution in [2.45, 2.75) is 57.3 Å². The average molecular weight is 499 g/mol. The number of carbonyl (C=O) groups is 2. The molecule has 0 aliphatic carbocycles. The zero-order valence-corrected chi connectivity index (χ0v) is 21.2. The molecule has 3 aromatic rings. The van der Waals surface area contributed by atoms with Crippen LogP contribution >= 0.6 is 11.3 Å². The van der Waals surface area contributed by atoms with Crippen molar-refractivity contribution in [2.24, 2.45) is 0 Å². The van der Waals surface area contributed by atoms with Crippen molar-refractivity contribution in [3.63, 3.8) is 0 Å². The standard InChI is InChI=1S/C26H31FN4O3S/c1-15(28-4)23(32)30-22(26(2,3)34)25(33)31-13-7-10-21(31)24-29-20(14-35-24)18-11-12-19(27)17-9-6-5-8-16(17)18/h5-6,8-9,11-12,14-15,21-22,28,34H,7,10,13H2,1-4H3,(H,30,32)/t15-,21-,22+/m0/s1. The van der Waals surface area contributed by atoms with E-state index >= 15 is 0 Å². The SMILES string of the molecule is CN[C@@H](C)C(=O)N[C@H](C(=O)N1CCC[C@H]1c1nc(-c2ccc(F)c3ccccc23)cs1)C(C)(C)O. The monoisotopic (exact) mass is 498 g/mol. The Balaban J connectivity index is 1.62. The highest BCUT2D eigenvalue weighted by Crippen LogP contribution is 2.38. The number of aromatic nitrogens is 1. The highest BCUT2D eigenvalue weighted by atomic mass is 32.1. The summed E-state index contributed by atoms with van der Waals surface area (Å²) in [6, 6.07) is 8.63. The molecule has 1 fully saturated rings. The third kappa shape index (κ3) is 5.07. The van der Waals surface area contributed by atoms with E-state index in [-0.39, 0.29) is 23.7 Å². The van der Waals surface area contributed by atoms with Gasteiger partial charge in [0.25, 0.3) is 0 Å². The second kappa shape index (κ2) is 10.0. The summed E-state index contributed by atoms with van der Waals surface area (Å²) in [5.74, 6) is -0.969. The zero-order chi connectivity index (χ0) is 25.3. The fourth-order valence-electron chi connectivity index (χ4n) is 4.44. The lowest BCUT2D eigenvalue weighted by atomic mass is 9.96. The van der Waals surface area contributed by atoms with Gasteiger partial charge in [0.05, 0.1) is 23.4 Å². The van der Waals surface area contributed by atoms with Crippen molar-refractivity contribution in [2.75, 3.05) is 13.6 Å². The number of aliphatic hydroxyl groups is 1. The second-order valence-electron chi connectivity index (χ2n) is 9.51. The van der Waals surface area contributed by atoms with Crippen LogP contribution < -0.4 is 10.6 Å². The number of nitrogens with zero attached hydrogens (tertiary/aromatic N) is 2. The van der Waals surface area contributed by atoms with E-state index in [1.807, 2.05) is 17.5 Å². The van der Waals surface area contributed by atoms with Gasteiger partial charge in [0, 0.05) is 22.9 Å². The number of benzene rings is 2. The number of thiazole rings is 1. The van der Waals surface area contributed by atoms with Crippen molar-refractivity contribution in [1.82, 2.24) is 20.5 Å². The third-order valence-electron chi connectivity index (χ3n) is 6.56. The van der Waals surface area contributed by atoms with Gasteiger partial charge in [-0.1, -0.05) is 24.3 Å². The summed E-state index contributed by atoms with van der Waals surface area (Å²) < 4.78 is 14.3. The van der Waals surface area contributed by atoms with Crippen LogP contribution in [0, 0.1) is 5.82 Å². The van der Waals surface area contributed by atoms with Crippen molar-refractivity contribution >= 4 is 33.9 Å². The number of halogens is 1. The molecule has 3 N–H and O–H groups in total. The van der Waals surface area contributed by atoms with E-state index in [9.17, 15) is 19.1 Å². The van der Waals surface area contributed by atoms with Crippen LogP contribution in [0.5, 0.6) is 0 Å². The molecule has 4 rings (SSSR count). The van der Waals surface area contributed by atoms with E-state index in [1.54, 1.807) is 37.1 Å². The molecule has 1 aliphatic rings. The lowest BCUT2D eigenvalue weighted by Gasteiger charge is -2.35. The number of likely N-dealkylation sites (N-methyl/N-ethyl adjacent to an activating group) is 1. The van der Waals surface area contributed by atoms with Crippen molar-refractivity contribution in [3.05, 3.63) is 52.6 Å². The Morgan fingerprint density at radius 1 is 1.23 bits per heavy atom. The Kier molecular flexibility index (Phi) is 7.21. The fraction of sp³-hybridized carbons (Fsp3) is 0.423. The summed E-state index contributed by atoms with van der Waals surface area (Å²) in [7, 11) is 1.66. The zero-order valence-electron chi connectivity index (χ0n) is 20.3. The maximum atomic E-state index is 14.3. The van der Waals surface area contributed by atoms with Gasteiger partial charge in [0.2, 0.25) is 11.8 Å². The smallest absolute Gasteiger partial charge is 0.248 e. The van der Waals surface area contributed by atoms with Gasteiger partial charge in [0.1, 0.15) is 16.9 Å². The van der Waals surface area contributed by atoms with Crippen LogP contribution in [0.2, 0.25) is 0 Å². The molecule has 0 unspecified atom stereocenters. The molecule has 2 heterocycles. The lowest BCUT2D eigenvalue weighted by Crippen LogP contribution is -2.60. The Bertz CT molecular complexity index is 1240. The number of nitrogens with one attached hydrogen (secondary N) is 2. The Morgan fingerprint density at radius 3 is 2.63 bits per heavy atom. The summed E-state index contributed by atoms with van der Waals surface area (Å²) in [6.45, 7) is 5.25.